The first-order valence-corrected chi connectivity index (χ1v) is 7.76. The van der Waals surface area contributed by atoms with E-state index in [1.54, 1.807) is 11.3 Å². The molecule has 0 unspecified atom stereocenters. The van der Waals surface area contributed by atoms with Gasteiger partial charge in [0, 0.05) is 0 Å². The van der Waals surface area contributed by atoms with Gasteiger partial charge in [-0.2, -0.15) is 11.3 Å². The highest BCUT2D eigenvalue weighted by Crippen LogP contribution is 2.37. The molecule has 1 heterocycles. The maximum absolute atomic E-state index is 6.37. The topological polar surface area (TPSA) is 26.0 Å². The number of thiophene rings is 1. The third-order valence-corrected chi connectivity index (χ3v) is 4.78. The van der Waals surface area contributed by atoms with Gasteiger partial charge in [-0.1, -0.05) is 42.5 Å². The van der Waals surface area contributed by atoms with E-state index in [1.165, 1.54) is 33.4 Å². The molecule has 0 spiro atoms. The van der Waals surface area contributed by atoms with Gasteiger partial charge in [-0.05, 0) is 56.6 Å². The van der Waals surface area contributed by atoms with Crippen molar-refractivity contribution in [1.29, 1.82) is 0 Å². The Labute approximate surface area is 122 Å². The van der Waals surface area contributed by atoms with Crippen LogP contribution in [-0.2, 0) is 6.42 Å². The third-order valence-electron chi connectivity index (χ3n) is 4.08. The van der Waals surface area contributed by atoms with Crippen LogP contribution in [-0.4, -0.2) is 0 Å². The van der Waals surface area contributed by atoms with E-state index in [9.17, 15) is 0 Å². The lowest BCUT2D eigenvalue weighted by molar-refractivity contribution is 0.875. The van der Waals surface area contributed by atoms with Crippen LogP contribution < -0.4 is 5.73 Å². The van der Waals surface area contributed by atoms with E-state index in [0.717, 1.165) is 6.42 Å². The van der Waals surface area contributed by atoms with Crippen molar-refractivity contribution in [2.24, 2.45) is 5.73 Å². The number of hydrogen-bond donors (Lipinski definition) is 1. The van der Waals surface area contributed by atoms with Crippen LogP contribution >= 0.6 is 11.3 Å². The van der Waals surface area contributed by atoms with Crippen molar-refractivity contribution in [2.75, 3.05) is 0 Å². The minimum atomic E-state index is -0.0183. The Bertz CT molecular complexity index is 759. The smallest absolute Gasteiger partial charge is 0.0559 e. The molecule has 1 aliphatic rings. The van der Waals surface area contributed by atoms with Crippen LogP contribution in [0, 0.1) is 0 Å². The molecular formula is C18H15NS. The molecule has 20 heavy (non-hydrogen) atoms. The molecule has 0 fully saturated rings. The summed E-state index contributed by atoms with van der Waals surface area (Å²) in [4.78, 5) is 0. The fourth-order valence-corrected chi connectivity index (χ4v) is 3.70. The summed E-state index contributed by atoms with van der Waals surface area (Å²) in [5.74, 6) is 0. The molecule has 0 saturated heterocycles. The van der Waals surface area contributed by atoms with E-state index < -0.39 is 0 Å². The highest BCUT2D eigenvalue weighted by atomic mass is 32.1. The molecule has 1 aliphatic carbocycles. The second kappa shape index (κ2) is 4.58. The van der Waals surface area contributed by atoms with Crippen LogP contribution in [0.3, 0.4) is 0 Å². The monoisotopic (exact) mass is 277 g/mol. The number of benzene rings is 2. The molecule has 2 N–H and O–H groups in total. The highest BCUT2D eigenvalue weighted by molar-refractivity contribution is 7.08. The van der Waals surface area contributed by atoms with Crippen molar-refractivity contribution in [3.8, 4) is 11.1 Å². The molecule has 98 valence electrons. The maximum atomic E-state index is 6.37. The molecule has 0 saturated carbocycles. The van der Waals surface area contributed by atoms with Crippen molar-refractivity contribution < 1.29 is 0 Å². The van der Waals surface area contributed by atoms with Gasteiger partial charge in [0.05, 0.1) is 6.04 Å². The Kier molecular flexibility index (Phi) is 2.72. The summed E-state index contributed by atoms with van der Waals surface area (Å²) in [5, 5.41) is 4.21. The van der Waals surface area contributed by atoms with Crippen molar-refractivity contribution in [3.05, 3.63) is 81.5 Å². The largest absolute Gasteiger partial charge is 0.320 e. The molecule has 0 amide bonds. The van der Waals surface area contributed by atoms with Crippen molar-refractivity contribution >= 4 is 11.3 Å². The lowest BCUT2D eigenvalue weighted by Crippen LogP contribution is -2.11. The zero-order valence-corrected chi connectivity index (χ0v) is 11.9. The second-order valence-electron chi connectivity index (χ2n) is 5.28. The molecule has 3 aromatic rings. The van der Waals surface area contributed by atoms with Gasteiger partial charge < -0.3 is 5.73 Å². The fourth-order valence-electron chi connectivity index (χ4n) is 3.00. The Hall–Kier alpha value is -1.90. The lowest BCUT2D eigenvalue weighted by atomic mass is 9.97. The Morgan fingerprint density at radius 1 is 0.900 bits per heavy atom. The van der Waals surface area contributed by atoms with E-state index in [4.69, 9.17) is 5.73 Å². The molecule has 1 aromatic heterocycles. The Morgan fingerprint density at radius 2 is 1.75 bits per heavy atom. The van der Waals surface area contributed by atoms with Crippen molar-refractivity contribution in [2.45, 2.75) is 12.5 Å². The first-order valence-electron chi connectivity index (χ1n) is 6.82. The molecular weight excluding hydrogens is 262 g/mol. The lowest BCUT2D eigenvalue weighted by Gasteiger charge is -2.12. The number of rotatable bonds is 2. The fraction of sp³-hybridized carbons (Fsp3) is 0.111. The summed E-state index contributed by atoms with van der Waals surface area (Å²) < 4.78 is 0. The van der Waals surface area contributed by atoms with Gasteiger partial charge in [0.1, 0.15) is 0 Å². The summed E-state index contributed by atoms with van der Waals surface area (Å²) in [7, 11) is 0. The van der Waals surface area contributed by atoms with Gasteiger partial charge in [-0.25, -0.2) is 0 Å². The second-order valence-corrected chi connectivity index (χ2v) is 6.06. The summed E-state index contributed by atoms with van der Waals surface area (Å²) in [6.45, 7) is 0. The first kappa shape index (κ1) is 11.9. The zero-order valence-electron chi connectivity index (χ0n) is 11.0. The predicted molar refractivity (Wildman–Crippen MR) is 85.0 cm³/mol. The van der Waals surface area contributed by atoms with Crippen LogP contribution in [0.4, 0.5) is 0 Å². The molecule has 0 aliphatic heterocycles. The van der Waals surface area contributed by atoms with E-state index in [-0.39, 0.29) is 6.04 Å². The third kappa shape index (κ3) is 1.80. The SMILES string of the molecule is N[C@H](c1ccsc1)c1ccc2c(c1)Cc1ccccc1-2. The molecule has 1 atom stereocenters. The average molecular weight is 277 g/mol. The van der Waals surface area contributed by atoms with E-state index >= 15 is 0 Å². The summed E-state index contributed by atoms with van der Waals surface area (Å²) in [6.07, 6.45) is 1.02. The average Bonchev–Trinajstić information content (AvgIpc) is 3.13. The maximum Gasteiger partial charge on any atom is 0.0559 e. The molecule has 1 nitrogen and oxygen atoms in total. The zero-order chi connectivity index (χ0) is 13.5. The minimum Gasteiger partial charge on any atom is -0.320 e. The standard InChI is InChI=1S/C18H15NS/c19-18(14-7-8-20-11-14)13-5-6-17-15(10-13)9-12-3-1-2-4-16(12)17/h1-8,10-11,18H,9,19H2/t18-/m0/s1. The number of hydrogen-bond acceptors (Lipinski definition) is 2. The number of nitrogens with two attached hydrogens (primary N) is 1. The van der Waals surface area contributed by atoms with Crippen LogP contribution in [0.5, 0.6) is 0 Å². The van der Waals surface area contributed by atoms with E-state index in [2.05, 4.69) is 59.3 Å². The van der Waals surface area contributed by atoms with E-state index in [0.29, 0.717) is 0 Å². The molecule has 0 bridgehead atoms. The van der Waals surface area contributed by atoms with Crippen molar-refractivity contribution in [3.63, 3.8) is 0 Å². The van der Waals surface area contributed by atoms with Gasteiger partial charge >= 0.3 is 0 Å². The van der Waals surface area contributed by atoms with Crippen LogP contribution in [0.25, 0.3) is 11.1 Å². The summed E-state index contributed by atoms with van der Waals surface area (Å²) in [6, 6.07) is 17.4. The molecule has 0 radical (unpaired) electrons. The molecule has 2 heteroatoms. The highest BCUT2D eigenvalue weighted by Gasteiger charge is 2.19. The molecule has 2 aromatic carbocycles. The Balaban J connectivity index is 1.75. The summed E-state index contributed by atoms with van der Waals surface area (Å²) in [5.41, 5.74) is 14.3. The van der Waals surface area contributed by atoms with Gasteiger partial charge in [-0.3, -0.25) is 0 Å². The van der Waals surface area contributed by atoms with Crippen molar-refractivity contribution in [1.82, 2.24) is 0 Å². The quantitative estimate of drug-likeness (QED) is 0.578. The van der Waals surface area contributed by atoms with Gasteiger partial charge in [0.25, 0.3) is 0 Å². The van der Waals surface area contributed by atoms with E-state index in [1.807, 2.05) is 0 Å². The van der Waals surface area contributed by atoms with Crippen LogP contribution in [0.1, 0.15) is 28.3 Å². The van der Waals surface area contributed by atoms with Gasteiger partial charge in [0.2, 0.25) is 0 Å². The predicted octanol–water partition coefficient (Wildman–Crippen LogP) is 4.37. The molecule has 4 rings (SSSR count). The van der Waals surface area contributed by atoms with Gasteiger partial charge in [-0.15, -0.1) is 0 Å². The van der Waals surface area contributed by atoms with Gasteiger partial charge in [0.15, 0.2) is 0 Å². The minimum absolute atomic E-state index is 0.0183. The normalized spacial score (nSPS) is 13.8. The van der Waals surface area contributed by atoms with Crippen LogP contribution in [0.2, 0.25) is 0 Å². The number of fused-ring (bicyclic) bond motifs is 3. The first-order chi connectivity index (χ1) is 9.83. The summed E-state index contributed by atoms with van der Waals surface area (Å²) >= 11 is 1.70. The van der Waals surface area contributed by atoms with Crippen LogP contribution in [0.15, 0.2) is 59.3 Å². The Morgan fingerprint density at radius 3 is 2.60 bits per heavy atom.